The second-order valence-corrected chi connectivity index (χ2v) is 7.95. The third kappa shape index (κ3) is 4.47. The molecule has 0 atom stereocenters. The third-order valence-electron chi connectivity index (χ3n) is 4.56. The van der Waals surface area contributed by atoms with E-state index in [0.29, 0.717) is 33.4 Å². The van der Waals surface area contributed by atoms with Gasteiger partial charge in [-0.15, -0.1) is 0 Å². The van der Waals surface area contributed by atoms with Gasteiger partial charge in [-0.05, 0) is 47.5 Å². The highest BCUT2D eigenvalue weighted by atomic mass is 35.5. The van der Waals surface area contributed by atoms with Gasteiger partial charge in [0.2, 0.25) is 0 Å². The van der Waals surface area contributed by atoms with Gasteiger partial charge in [0.1, 0.15) is 5.75 Å². The van der Waals surface area contributed by atoms with Crippen molar-refractivity contribution in [1.82, 2.24) is 9.55 Å². The summed E-state index contributed by atoms with van der Waals surface area (Å²) in [5.41, 5.74) is 2.71. The van der Waals surface area contributed by atoms with Gasteiger partial charge in [-0.1, -0.05) is 59.8 Å². The first kappa shape index (κ1) is 19.6. The van der Waals surface area contributed by atoms with Crippen LogP contribution < -0.4 is 10.3 Å². The van der Waals surface area contributed by atoms with Crippen LogP contribution in [-0.2, 0) is 12.3 Å². The first-order valence-corrected chi connectivity index (χ1v) is 10.5. The van der Waals surface area contributed by atoms with E-state index >= 15 is 0 Å². The molecule has 6 heteroatoms. The Balaban J connectivity index is 1.74. The zero-order valence-corrected chi connectivity index (χ0v) is 17.4. The number of halogens is 1. The van der Waals surface area contributed by atoms with E-state index in [1.54, 1.807) is 11.7 Å². The molecule has 1 heterocycles. The van der Waals surface area contributed by atoms with Crippen LogP contribution in [0.2, 0.25) is 5.02 Å². The molecule has 4 rings (SSSR count). The Morgan fingerprint density at radius 1 is 1.00 bits per heavy atom. The molecule has 146 valence electrons. The number of aromatic nitrogens is 2. The van der Waals surface area contributed by atoms with Crippen LogP contribution in [0, 0.1) is 0 Å². The fourth-order valence-corrected chi connectivity index (χ4v) is 4.28. The monoisotopic (exact) mass is 422 g/mol. The summed E-state index contributed by atoms with van der Waals surface area (Å²) in [6.45, 7) is 0.422. The Kier molecular flexibility index (Phi) is 5.88. The SMILES string of the molecule is COc1cccc(Cn2c(SCc3cccc(Cl)c3)nc3ccccc3c2=O)c1. The van der Waals surface area contributed by atoms with Gasteiger partial charge < -0.3 is 4.74 Å². The van der Waals surface area contributed by atoms with Crippen molar-refractivity contribution in [1.29, 1.82) is 0 Å². The lowest BCUT2D eigenvalue weighted by atomic mass is 10.2. The minimum absolute atomic E-state index is 0.0491. The van der Waals surface area contributed by atoms with Gasteiger partial charge in [0.25, 0.3) is 5.56 Å². The molecule has 29 heavy (non-hydrogen) atoms. The summed E-state index contributed by atoms with van der Waals surface area (Å²) in [4.78, 5) is 18.0. The summed E-state index contributed by atoms with van der Waals surface area (Å²) < 4.78 is 7.05. The van der Waals surface area contributed by atoms with Gasteiger partial charge in [0, 0.05) is 10.8 Å². The standard InChI is InChI=1S/C23H19ClN2O2S/c1-28-19-9-5-6-16(13-19)14-26-22(27)20-10-2-3-11-21(20)25-23(26)29-15-17-7-4-8-18(24)12-17/h2-13H,14-15H2,1H3. The van der Waals surface area contributed by atoms with Crippen molar-refractivity contribution in [2.24, 2.45) is 0 Å². The topological polar surface area (TPSA) is 44.1 Å². The first-order chi connectivity index (χ1) is 14.1. The summed E-state index contributed by atoms with van der Waals surface area (Å²) in [7, 11) is 1.63. The van der Waals surface area contributed by atoms with Crippen LogP contribution in [0.15, 0.2) is 82.7 Å². The number of nitrogens with zero attached hydrogens (tertiary/aromatic N) is 2. The van der Waals surface area contributed by atoms with Crippen LogP contribution >= 0.6 is 23.4 Å². The van der Waals surface area contributed by atoms with Gasteiger partial charge >= 0.3 is 0 Å². The number of hydrogen-bond acceptors (Lipinski definition) is 4. The molecule has 0 unspecified atom stereocenters. The molecule has 1 aromatic heterocycles. The van der Waals surface area contributed by atoms with E-state index in [1.807, 2.05) is 72.8 Å². The van der Waals surface area contributed by atoms with E-state index in [0.717, 1.165) is 16.9 Å². The van der Waals surface area contributed by atoms with Crippen molar-refractivity contribution >= 4 is 34.3 Å². The quantitative estimate of drug-likeness (QED) is 0.308. The maximum absolute atomic E-state index is 13.2. The Labute approximate surface area is 178 Å². The van der Waals surface area contributed by atoms with Crippen LogP contribution in [0.1, 0.15) is 11.1 Å². The Bertz CT molecular complexity index is 1220. The molecule has 0 aliphatic rings. The van der Waals surface area contributed by atoms with Crippen molar-refractivity contribution < 1.29 is 4.74 Å². The molecule has 0 aliphatic heterocycles. The van der Waals surface area contributed by atoms with Crippen molar-refractivity contribution in [3.05, 3.63) is 99.3 Å². The summed E-state index contributed by atoms with van der Waals surface area (Å²) in [6, 6.07) is 22.9. The van der Waals surface area contributed by atoms with Crippen LogP contribution in [0.25, 0.3) is 10.9 Å². The smallest absolute Gasteiger partial charge is 0.262 e. The highest BCUT2D eigenvalue weighted by Crippen LogP contribution is 2.24. The van der Waals surface area contributed by atoms with E-state index in [2.05, 4.69) is 0 Å². The summed E-state index contributed by atoms with van der Waals surface area (Å²) in [6.07, 6.45) is 0. The average Bonchev–Trinajstić information content (AvgIpc) is 2.75. The molecular weight excluding hydrogens is 404 g/mol. The van der Waals surface area contributed by atoms with E-state index in [1.165, 1.54) is 11.8 Å². The molecule has 0 aliphatic carbocycles. The second-order valence-electron chi connectivity index (χ2n) is 6.57. The van der Waals surface area contributed by atoms with Crippen molar-refractivity contribution in [3.63, 3.8) is 0 Å². The number of methoxy groups -OCH3 is 1. The number of benzene rings is 3. The Morgan fingerprint density at radius 3 is 2.62 bits per heavy atom. The summed E-state index contributed by atoms with van der Waals surface area (Å²) in [5, 5.41) is 1.99. The fourth-order valence-electron chi connectivity index (χ4n) is 3.13. The van der Waals surface area contributed by atoms with Crippen molar-refractivity contribution in [2.45, 2.75) is 17.5 Å². The maximum Gasteiger partial charge on any atom is 0.262 e. The zero-order chi connectivity index (χ0) is 20.2. The molecule has 0 fully saturated rings. The minimum atomic E-state index is -0.0491. The van der Waals surface area contributed by atoms with E-state index in [-0.39, 0.29) is 5.56 Å². The van der Waals surface area contributed by atoms with Gasteiger partial charge in [-0.2, -0.15) is 0 Å². The molecule has 0 radical (unpaired) electrons. The van der Waals surface area contributed by atoms with Crippen LogP contribution in [0.5, 0.6) is 5.75 Å². The zero-order valence-electron chi connectivity index (χ0n) is 15.8. The Morgan fingerprint density at radius 2 is 1.79 bits per heavy atom. The number of ether oxygens (including phenoxy) is 1. The second kappa shape index (κ2) is 8.72. The van der Waals surface area contributed by atoms with E-state index < -0.39 is 0 Å². The Hall–Kier alpha value is -2.76. The lowest BCUT2D eigenvalue weighted by molar-refractivity contribution is 0.414. The molecular formula is C23H19ClN2O2S. The predicted molar refractivity (Wildman–Crippen MR) is 119 cm³/mol. The maximum atomic E-state index is 13.2. The first-order valence-electron chi connectivity index (χ1n) is 9.14. The van der Waals surface area contributed by atoms with Gasteiger partial charge in [0.05, 0.1) is 24.6 Å². The highest BCUT2D eigenvalue weighted by molar-refractivity contribution is 7.98. The number of hydrogen-bond donors (Lipinski definition) is 0. The van der Waals surface area contributed by atoms with E-state index in [4.69, 9.17) is 21.3 Å². The van der Waals surface area contributed by atoms with E-state index in [9.17, 15) is 4.79 Å². The normalized spacial score (nSPS) is 11.0. The molecule has 4 nitrogen and oxygen atoms in total. The highest BCUT2D eigenvalue weighted by Gasteiger charge is 2.13. The molecule has 0 amide bonds. The number of fused-ring (bicyclic) bond motifs is 1. The van der Waals surface area contributed by atoms with Gasteiger partial charge in [-0.25, -0.2) is 4.98 Å². The summed E-state index contributed by atoms with van der Waals surface area (Å²) >= 11 is 7.63. The molecule has 4 aromatic rings. The molecule has 3 aromatic carbocycles. The lowest BCUT2D eigenvalue weighted by Gasteiger charge is -2.14. The molecule has 0 saturated carbocycles. The summed E-state index contributed by atoms with van der Waals surface area (Å²) in [5.74, 6) is 1.43. The fraction of sp³-hybridized carbons (Fsp3) is 0.130. The molecule has 0 spiro atoms. The molecule has 0 N–H and O–H groups in total. The van der Waals surface area contributed by atoms with Crippen LogP contribution in [0.4, 0.5) is 0 Å². The number of thioether (sulfide) groups is 1. The third-order valence-corrected chi connectivity index (χ3v) is 5.84. The van der Waals surface area contributed by atoms with Crippen LogP contribution in [-0.4, -0.2) is 16.7 Å². The van der Waals surface area contributed by atoms with Crippen LogP contribution in [0.3, 0.4) is 0 Å². The van der Waals surface area contributed by atoms with Crippen molar-refractivity contribution in [3.8, 4) is 5.75 Å². The minimum Gasteiger partial charge on any atom is -0.497 e. The average molecular weight is 423 g/mol. The van der Waals surface area contributed by atoms with Crippen molar-refractivity contribution in [2.75, 3.05) is 7.11 Å². The number of para-hydroxylation sites is 1. The van der Waals surface area contributed by atoms with Gasteiger partial charge in [-0.3, -0.25) is 9.36 Å². The van der Waals surface area contributed by atoms with Gasteiger partial charge in [0.15, 0.2) is 5.16 Å². The number of rotatable bonds is 6. The molecule has 0 saturated heterocycles. The molecule has 0 bridgehead atoms. The largest absolute Gasteiger partial charge is 0.497 e. The predicted octanol–water partition coefficient (Wildman–Crippen LogP) is 5.40. The lowest BCUT2D eigenvalue weighted by Crippen LogP contribution is -2.24.